The van der Waals surface area contributed by atoms with E-state index in [1.54, 1.807) is 11.8 Å². The van der Waals surface area contributed by atoms with Crippen molar-refractivity contribution in [3.63, 3.8) is 0 Å². The van der Waals surface area contributed by atoms with Crippen LogP contribution in [0, 0.1) is 6.92 Å². The molecule has 1 amide bonds. The van der Waals surface area contributed by atoms with Crippen molar-refractivity contribution in [2.45, 2.75) is 19.9 Å². The van der Waals surface area contributed by atoms with Crippen molar-refractivity contribution in [3.8, 4) is 0 Å². The summed E-state index contributed by atoms with van der Waals surface area (Å²) < 4.78 is 0.879. The molecule has 1 rings (SSSR count). The quantitative estimate of drug-likeness (QED) is 0.925. The van der Waals surface area contributed by atoms with E-state index in [2.05, 4.69) is 21.2 Å². The molecular weight excluding hydrogens is 286 g/mol. The molecule has 0 saturated heterocycles. The number of carbonyl (C=O) groups is 1. The molecule has 1 N–H and O–H groups in total. The average Bonchev–Trinajstić information content (AvgIpc) is 2.22. The number of rotatable bonds is 4. The number of amides is 1. The molecule has 0 heterocycles. The second-order valence-corrected chi connectivity index (χ2v) is 5.47. The summed E-state index contributed by atoms with van der Waals surface area (Å²) >= 11 is 5.17. The molecule has 0 aliphatic heterocycles. The Balaban J connectivity index is 2.77. The first-order chi connectivity index (χ1) is 7.56. The molecule has 1 aromatic rings. The minimum absolute atomic E-state index is 0.0166. The summed E-state index contributed by atoms with van der Waals surface area (Å²) in [6.45, 7) is 3.99. The second kappa shape index (κ2) is 6.30. The third-order valence-corrected chi connectivity index (χ3v) is 4.12. The van der Waals surface area contributed by atoms with Crippen LogP contribution in [0.4, 0.5) is 0 Å². The van der Waals surface area contributed by atoms with Gasteiger partial charge in [0.05, 0.1) is 5.56 Å². The fourth-order valence-corrected chi connectivity index (χ4v) is 2.44. The zero-order valence-electron chi connectivity index (χ0n) is 9.71. The number of hydrogen-bond donors (Lipinski definition) is 1. The van der Waals surface area contributed by atoms with Gasteiger partial charge in [0.25, 0.3) is 5.91 Å². The van der Waals surface area contributed by atoms with E-state index in [4.69, 9.17) is 0 Å². The van der Waals surface area contributed by atoms with Crippen LogP contribution in [0.1, 0.15) is 22.8 Å². The van der Waals surface area contributed by atoms with Crippen molar-refractivity contribution in [3.05, 3.63) is 33.8 Å². The normalized spacial score (nSPS) is 12.2. The minimum atomic E-state index is -0.0166. The van der Waals surface area contributed by atoms with Gasteiger partial charge in [-0.2, -0.15) is 11.8 Å². The summed E-state index contributed by atoms with van der Waals surface area (Å²) in [5, 5.41) is 2.98. The van der Waals surface area contributed by atoms with Crippen LogP contribution in [0.15, 0.2) is 22.7 Å². The summed E-state index contributed by atoms with van der Waals surface area (Å²) in [6.07, 6.45) is 2.03. The number of thioether (sulfide) groups is 1. The van der Waals surface area contributed by atoms with E-state index < -0.39 is 0 Å². The van der Waals surface area contributed by atoms with E-state index in [0.29, 0.717) is 5.56 Å². The number of benzene rings is 1. The van der Waals surface area contributed by atoms with Gasteiger partial charge in [0, 0.05) is 16.3 Å². The third kappa shape index (κ3) is 3.52. The van der Waals surface area contributed by atoms with Gasteiger partial charge in [-0.1, -0.05) is 12.1 Å². The van der Waals surface area contributed by atoms with Crippen LogP contribution in [-0.2, 0) is 0 Å². The molecular formula is C12H16BrNOS. The number of hydrogen-bond acceptors (Lipinski definition) is 2. The maximum atomic E-state index is 12.0. The summed E-state index contributed by atoms with van der Waals surface area (Å²) in [5.41, 5.74) is 1.78. The predicted molar refractivity (Wildman–Crippen MR) is 74.2 cm³/mol. The lowest BCUT2D eigenvalue weighted by Crippen LogP contribution is -2.34. The molecule has 88 valence electrons. The molecule has 1 atom stereocenters. The molecule has 2 nitrogen and oxygen atoms in total. The number of nitrogens with one attached hydrogen (secondary N) is 1. The zero-order chi connectivity index (χ0) is 12.1. The van der Waals surface area contributed by atoms with Gasteiger partial charge < -0.3 is 5.32 Å². The summed E-state index contributed by atoms with van der Waals surface area (Å²) in [5.74, 6) is 0.909. The van der Waals surface area contributed by atoms with Gasteiger partial charge in [-0.25, -0.2) is 0 Å². The molecule has 4 heteroatoms. The zero-order valence-corrected chi connectivity index (χ0v) is 12.1. The van der Waals surface area contributed by atoms with Crippen LogP contribution in [0.25, 0.3) is 0 Å². The first-order valence-corrected chi connectivity index (χ1v) is 7.30. The van der Waals surface area contributed by atoms with Crippen LogP contribution < -0.4 is 5.32 Å². The largest absolute Gasteiger partial charge is 0.349 e. The van der Waals surface area contributed by atoms with Gasteiger partial charge in [-0.3, -0.25) is 4.79 Å². The SMILES string of the molecule is CSCC(C)NC(=O)c1cccc(C)c1Br. The molecule has 1 aromatic carbocycles. The second-order valence-electron chi connectivity index (χ2n) is 3.77. The predicted octanol–water partition coefficient (Wildman–Crippen LogP) is 3.24. The highest BCUT2D eigenvalue weighted by atomic mass is 79.9. The van der Waals surface area contributed by atoms with Crippen molar-refractivity contribution in [1.29, 1.82) is 0 Å². The lowest BCUT2D eigenvalue weighted by Gasteiger charge is -2.13. The van der Waals surface area contributed by atoms with Gasteiger partial charge >= 0.3 is 0 Å². The smallest absolute Gasteiger partial charge is 0.252 e. The minimum Gasteiger partial charge on any atom is -0.349 e. The number of carbonyl (C=O) groups excluding carboxylic acids is 1. The highest BCUT2D eigenvalue weighted by Gasteiger charge is 2.13. The van der Waals surface area contributed by atoms with E-state index in [9.17, 15) is 4.79 Å². The van der Waals surface area contributed by atoms with Gasteiger partial charge in [0.2, 0.25) is 0 Å². The first-order valence-electron chi connectivity index (χ1n) is 5.11. The maximum Gasteiger partial charge on any atom is 0.252 e. The molecule has 0 bridgehead atoms. The molecule has 0 aliphatic carbocycles. The molecule has 0 aliphatic rings. The Morgan fingerprint density at radius 3 is 2.88 bits per heavy atom. The lowest BCUT2D eigenvalue weighted by molar-refractivity contribution is 0.0943. The van der Waals surface area contributed by atoms with Crippen LogP contribution in [0.5, 0.6) is 0 Å². The lowest BCUT2D eigenvalue weighted by atomic mass is 10.1. The standard InChI is InChI=1S/C12H16BrNOS/c1-8-5-4-6-10(11(8)13)12(15)14-9(2)7-16-3/h4-6,9H,7H2,1-3H3,(H,14,15). The fraction of sp³-hybridized carbons (Fsp3) is 0.417. The first kappa shape index (κ1) is 13.6. The Morgan fingerprint density at radius 2 is 2.25 bits per heavy atom. The van der Waals surface area contributed by atoms with E-state index in [-0.39, 0.29) is 11.9 Å². The van der Waals surface area contributed by atoms with Crippen LogP contribution in [0.3, 0.4) is 0 Å². The number of aryl methyl sites for hydroxylation is 1. The monoisotopic (exact) mass is 301 g/mol. The molecule has 1 unspecified atom stereocenters. The van der Waals surface area contributed by atoms with Crippen molar-refractivity contribution in [2.75, 3.05) is 12.0 Å². The van der Waals surface area contributed by atoms with E-state index in [1.165, 1.54) is 0 Å². The number of halogens is 1. The van der Waals surface area contributed by atoms with Gasteiger partial charge in [0.15, 0.2) is 0 Å². The molecule has 16 heavy (non-hydrogen) atoms. The summed E-state index contributed by atoms with van der Waals surface area (Å²) in [7, 11) is 0. The van der Waals surface area contributed by atoms with Gasteiger partial charge in [-0.05, 0) is 47.7 Å². The average molecular weight is 302 g/mol. The Kier molecular flexibility index (Phi) is 5.35. The van der Waals surface area contributed by atoms with E-state index in [1.807, 2.05) is 38.3 Å². The summed E-state index contributed by atoms with van der Waals surface area (Å²) in [6, 6.07) is 5.90. The van der Waals surface area contributed by atoms with E-state index in [0.717, 1.165) is 15.8 Å². The maximum absolute atomic E-state index is 12.0. The van der Waals surface area contributed by atoms with Crippen LogP contribution >= 0.6 is 27.7 Å². The van der Waals surface area contributed by atoms with Crippen molar-refractivity contribution < 1.29 is 4.79 Å². The summed E-state index contributed by atoms with van der Waals surface area (Å²) in [4.78, 5) is 12.0. The Morgan fingerprint density at radius 1 is 1.56 bits per heavy atom. The topological polar surface area (TPSA) is 29.1 Å². The molecule has 0 radical (unpaired) electrons. The van der Waals surface area contributed by atoms with Crippen molar-refractivity contribution in [2.24, 2.45) is 0 Å². The Hall–Kier alpha value is -0.480. The highest BCUT2D eigenvalue weighted by molar-refractivity contribution is 9.10. The van der Waals surface area contributed by atoms with Crippen LogP contribution in [0.2, 0.25) is 0 Å². The Labute approximate surface area is 109 Å². The Bertz CT molecular complexity index is 381. The fourth-order valence-electron chi connectivity index (χ4n) is 1.42. The van der Waals surface area contributed by atoms with Crippen molar-refractivity contribution in [1.82, 2.24) is 5.32 Å². The molecule has 0 aromatic heterocycles. The molecule has 0 fully saturated rings. The van der Waals surface area contributed by atoms with Gasteiger partial charge in [-0.15, -0.1) is 0 Å². The third-order valence-electron chi connectivity index (χ3n) is 2.23. The molecule has 0 spiro atoms. The molecule has 0 saturated carbocycles. The van der Waals surface area contributed by atoms with Gasteiger partial charge in [0.1, 0.15) is 0 Å². The van der Waals surface area contributed by atoms with Crippen molar-refractivity contribution >= 4 is 33.6 Å². The van der Waals surface area contributed by atoms with Crippen LogP contribution in [-0.4, -0.2) is 24.0 Å². The van der Waals surface area contributed by atoms with E-state index >= 15 is 0 Å². The highest BCUT2D eigenvalue weighted by Crippen LogP contribution is 2.20.